The molecule has 7 rings (SSSR count). The number of benzene rings is 2. The highest BCUT2D eigenvalue weighted by molar-refractivity contribution is 5.86. The normalized spacial score (nSPS) is 22.2. The van der Waals surface area contributed by atoms with Crippen LogP contribution in [-0.2, 0) is 19.1 Å². The van der Waals surface area contributed by atoms with Gasteiger partial charge in [-0.25, -0.2) is 14.8 Å². The Bertz CT molecular complexity index is 1860. The molecule has 1 spiro atoms. The van der Waals surface area contributed by atoms with Gasteiger partial charge >= 0.3 is 6.09 Å². The van der Waals surface area contributed by atoms with Gasteiger partial charge in [-0.05, 0) is 53.9 Å². The van der Waals surface area contributed by atoms with E-state index >= 15 is 0 Å². The highest BCUT2D eigenvalue weighted by Gasteiger charge is 2.49. The zero-order valence-corrected chi connectivity index (χ0v) is 29.8. The number of rotatable bonds is 9. The van der Waals surface area contributed by atoms with E-state index in [0.29, 0.717) is 19.5 Å². The molecule has 4 aromatic rings. The number of carbonyl (C=O) groups is 3. The van der Waals surface area contributed by atoms with Crippen LogP contribution in [0.2, 0.25) is 0 Å². The fourth-order valence-electron chi connectivity index (χ4n) is 7.88. The van der Waals surface area contributed by atoms with E-state index in [2.05, 4.69) is 68.8 Å². The zero-order chi connectivity index (χ0) is 35.7. The van der Waals surface area contributed by atoms with E-state index in [9.17, 15) is 14.4 Å². The average molecular weight is 694 g/mol. The maximum Gasteiger partial charge on any atom is 0.407 e. The monoisotopic (exact) mass is 693 g/mol. The average Bonchev–Trinajstić information content (AvgIpc) is 4.00. The minimum Gasteiger partial charge on any atom is -0.453 e. The van der Waals surface area contributed by atoms with Crippen LogP contribution < -0.4 is 5.32 Å². The molecule has 0 aliphatic carbocycles. The number of hydrogen-bond acceptors (Lipinski definition) is 7. The molecule has 5 heterocycles. The second kappa shape index (κ2) is 14.3. The lowest BCUT2D eigenvalue weighted by molar-refractivity contribution is -0.135. The summed E-state index contributed by atoms with van der Waals surface area (Å²) in [6, 6.07) is 15.7. The molecular formula is C39H47N7O5. The molecule has 3 N–H and O–H groups in total. The van der Waals surface area contributed by atoms with Crippen molar-refractivity contribution in [2.24, 2.45) is 5.92 Å². The van der Waals surface area contributed by atoms with Crippen LogP contribution in [0.3, 0.4) is 0 Å². The van der Waals surface area contributed by atoms with Crippen LogP contribution in [0.1, 0.15) is 83.0 Å². The van der Waals surface area contributed by atoms with Crippen molar-refractivity contribution in [1.29, 1.82) is 0 Å². The van der Waals surface area contributed by atoms with Crippen molar-refractivity contribution in [1.82, 2.24) is 35.1 Å². The Hall–Kier alpha value is -4.97. The number of nitrogens with zero attached hydrogens (tertiary/aromatic N) is 4. The number of hydrogen-bond donors (Lipinski definition) is 3. The summed E-state index contributed by atoms with van der Waals surface area (Å²) in [5, 5.41) is 2.70. The van der Waals surface area contributed by atoms with E-state index in [1.165, 1.54) is 7.11 Å². The largest absolute Gasteiger partial charge is 0.453 e. The Morgan fingerprint density at radius 1 is 0.902 bits per heavy atom. The minimum atomic E-state index is -0.675. The summed E-state index contributed by atoms with van der Waals surface area (Å²) in [6.45, 7) is 7.71. The van der Waals surface area contributed by atoms with E-state index in [0.717, 1.165) is 84.0 Å². The number of ether oxygens (including phenoxy) is 2. The first-order valence-electron chi connectivity index (χ1n) is 18.1. The molecule has 2 aromatic carbocycles. The highest BCUT2D eigenvalue weighted by Crippen LogP contribution is 2.45. The highest BCUT2D eigenvalue weighted by atomic mass is 16.5. The summed E-state index contributed by atoms with van der Waals surface area (Å²) >= 11 is 0. The van der Waals surface area contributed by atoms with E-state index in [-0.39, 0.29) is 35.4 Å². The van der Waals surface area contributed by atoms with Crippen molar-refractivity contribution in [2.75, 3.05) is 26.8 Å². The number of carbonyl (C=O) groups excluding carboxylic acids is 3. The quantitative estimate of drug-likeness (QED) is 0.184. The second-order valence-corrected chi connectivity index (χ2v) is 14.3. The van der Waals surface area contributed by atoms with Crippen molar-refractivity contribution in [2.45, 2.75) is 83.0 Å². The van der Waals surface area contributed by atoms with Crippen molar-refractivity contribution >= 4 is 17.9 Å². The van der Waals surface area contributed by atoms with Gasteiger partial charge in [0.2, 0.25) is 11.8 Å². The molecule has 12 nitrogen and oxygen atoms in total. The lowest BCUT2D eigenvalue weighted by Crippen LogP contribution is -2.51. The smallest absolute Gasteiger partial charge is 0.407 e. The van der Waals surface area contributed by atoms with Gasteiger partial charge < -0.3 is 34.6 Å². The van der Waals surface area contributed by atoms with E-state index in [4.69, 9.17) is 14.5 Å². The lowest BCUT2D eigenvalue weighted by Gasteiger charge is -2.30. The fourth-order valence-corrected chi connectivity index (χ4v) is 7.88. The summed E-state index contributed by atoms with van der Waals surface area (Å²) in [6.07, 6.45) is 7.96. The molecule has 0 radical (unpaired) electrons. The first-order valence-corrected chi connectivity index (χ1v) is 18.1. The molecule has 3 saturated heterocycles. The second-order valence-electron chi connectivity index (χ2n) is 14.3. The molecule has 3 fully saturated rings. The Morgan fingerprint density at radius 2 is 1.49 bits per heavy atom. The van der Waals surface area contributed by atoms with Gasteiger partial charge in [-0.2, -0.15) is 0 Å². The van der Waals surface area contributed by atoms with Crippen LogP contribution in [0, 0.1) is 5.92 Å². The topological polar surface area (TPSA) is 146 Å². The van der Waals surface area contributed by atoms with Crippen LogP contribution in [-0.4, -0.2) is 86.1 Å². The summed E-state index contributed by atoms with van der Waals surface area (Å²) in [7, 11) is 1.30. The van der Waals surface area contributed by atoms with Gasteiger partial charge in [-0.1, -0.05) is 69.3 Å². The summed E-state index contributed by atoms with van der Waals surface area (Å²) in [5.74, 6) is 1.46. The summed E-state index contributed by atoms with van der Waals surface area (Å²) in [5.41, 5.74) is 5.74. The zero-order valence-electron chi connectivity index (χ0n) is 29.8. The van der Waals surface area contributed by atoms with E-state index in [1.807, 2.05) is 43.0 Å². The Labute approximate surface area is 298 Å². The van der Waals surface area contributed by atoms with Gasteiger partial charge in [-0.15, -0.1) is 0 Å². The number of alkyl carbamates (subject to hydrolysis) is 1. The molecule has 4 atom stereocenters. The Kier molecular flexibility index (Phi) is 9.69. The summed E-state index contributed by atoms with van der Waals surface area (Å²) in [4.78, 5) is 58.4. The van der Waals surface area contributed by atoms with Crippen LogP contribution in [0.5, 0.6) is 0 Å². The third-order valence-electron chi connectivity index (χ3n) is 10.7. The molecule has 3 aliphatic rings. The van der Waals surface area contributed by atoms with Crippen LogP contribution in [0.4, 0.5) is 4.79 Å². The number of likely N-dealkylation sites (tertiary alicyclic amines) is 2. The number of aromatic nitrogens is 4. The van der Waals surface area contributed by atoms with Gasteiger partial charge in [0, 0.05) is 26.0 Å². The predicted octanol–water partition coefficient (Wildman–Crippen LogP) is 6.41. The summed E-state index contributed by atoms with van der Waals surface area (Å²) < 4.78 is 10.9. The van der Waals surface area contributed by atoms with Gasteiger partial charge in [0.1, 0.15) is 17.7 Å². The molecule has 0 bridgehead atoms. The molecular weight excluding hydrogens is 646 g/mol. The molecule has 3 aliphatic heterocycles. The van der Waals surface area contributed by atoms with Crippen molar-refractivity contribution in [3.63, 3.8) is 0 Å². The van der Waals surface area contributed by atoms with Crippen LogP contribution >= 0.6 is 0 Å². The van der Waals surface area contributed by atoms with Crippen molar-refractivity contribution < 1.29 is 23.9 Å². The number of amides is 3. The Balaban J connectivity index is 1.02. The first-order chi connectivity index (χ1) is 24.7. The molecule has 2 aromatic heterocycles. The van der Waals surface area contributed by atoms with Gasteiger partial charge in [0.15, 0.2) is 0 Å². The fraction of sp³-hybridized carbons (Fsp3) is 0.462. The lowest BCUT2D eigenvalue weighted by atomic mass is 9.96. The van der Waals surface area contributed by atoms with Gasteiger partial charge in [0.05, 0.1) is 55.1 Å². The maximum absolute atomic E-state index is 13.5. The van der Waals surface area contributed by atoms with Crippen molar-refractivity contribution in [3.8, 4) is 33.6 Å². The predicted molar refractivity (Wildman–Crippen MR) is 192 cm³/mol. The molecule has 0 saturated carbocycles. The number of aromatic amines is 2. The van der Waals surface area contributed by atoms with Gasteiger partial charge in [-0.3, -0.25) is 9.59 Å². The first kappa shape index (κ1) is 34.5. The number of methoxy groups -OCH3 is 1. The van der Waals surface area contributed by atoms with E-state index in [1.54, 1.807) is 0 Å². The number of imidazole rings is 2. The third kappa shape index (κ3) is 6.89. The number of H-pyrrole nitrogens is 2. The number of nitrogens with one attached hydrogen (secondary N) is 3. The molecule has 12 heteroatoms. The van der Waals surface area contributed by atoms with E-state index < -0.39 is 12.1 Å². The van der Waals surface area contributed by atoms with Crippen LogP contribution in [0.25, 0.3) is 33.6 Å². The molecule has 0 unspecified atom stereocenters. The van der Waals surface area contributed by atoms with Crippen LogP contribution in [0.15, 0.2) is 60.9 Å². The maximum atomic E-state index is 13.5. The standard InChI is InChI=1S/C39H47N7O5/c1-5-33(47)46-23-39(17-7-19-51-39)20-32(46)36-41-22-30(43-36)28-15-11-26(12-16-28)25-9-13-27(14-10-25)29-21-40-35(42-29)31-8-6-18-45(31)37(48)34(24(2)3)44-38(49)50-4/h9-16,21-22,24,31-32,34H,5-8,17-20,23H2,1-4H3,(H,40,42)(H,41,43)(H,44,49)/t31-,32-,34-,39-/m0/s1. The molecule has 51 heavy (non-hydrogen) atoms. The molecule has 3 amide bonds. The Morgan fingerprint density at radius 3 is 2.02 bits per heavy atom. The van der Waals surface area contributed by atoms with Crippen molar-refractivity contribution in [3.05, 3.63) is 72.6 Å². The minimum absolute atomic E-state index is 0.0929. The SMILES string of the molecule is CCC(=O)N1C[C@]2(CCCO2)C[C@H]1c1ncc(-c2ccc(-c3ccc(-c4cnc([C@@H]5CCCN5C(=O)[C@@H](NC(=O)OC)C(C)C)[nH]4)cc3)cc2)[nH]1. The van der Waals surface area contributed by atoms with Gasteiger partial charge in [0.25, 0.3) is 0 Å². The molecule has 268 valence electrons. The third-order valence-corrected chi connectivity index (χ3v) is 10.7.